The predicted molar refractivity (Wildman–Crippen MR) is 93.2 cm³/mol. The van der Waals surface area contributed by atoms with E-state index in [-0.39, 0.29) is 0 Å². The lowest BCUT2D eigenvalue weighted by Gasteiger charge is -2.08. The first-order chi connectivity index (χ1) is 11.4. The van der Waals surface area contributed by atoms with Gasteiger partial charge in [-0.15, -0.1) is 0 Å². The van der Waals surface area contributed by atoms with Crippen LogP contribution in [0.3, 0.4) is 0 Å². The molecule has 1 N–H and O–H groups in total. The van der Waals surface area contributed by atoms with E-state index in [1.807, 2.05) is 50.7 Å². The second kappa shape index (κ2) is 5.96. The summed E-state index contributed by atoms with van der Waals surface area (Å²) in [7, 11) is 1.86. The highest BCUT2D eigenvalue weighted by atomic mass is 16.4. The minimum Gasteiger partial charge on any atom is -0.478 e. The number of pyridine rings is 1. The smallest absolute Gasteiger partial charge is 0.331 e. The van der Waals surface area contributed by atoms with Gasteiger partial charge in [0.25, 0.3) is 0 Å². The summed E-state index contributed by atoms with van der Waals surface area (Å²) in [6.45, 7) is 5.76. The van der Waals surface area contributed by atoms with Crippen LogP contribution in [0.2, 0.25) is 0 Å². The summed E-state index contributed by atoms with van der Waals surface area (Å²) < 4.78 is 3.75. The summed E-state index contributed by atoms with van der Waals surface area (Å²) in [5, 5.41) is 14.9. The molecule has 6 nitrogen and oxygen atoms in total. The number of rotatable bonds is 4. The van der Waals surface area contributed by atoms with Crippen LogP contribution in [0.15, 0.2) is 30.1 Å². The van der Waals surface area contributed by atoms with E-state index in [1.54, 1.807) is 17.0 Å². The van der Waals surface area contributed by atoms with Crippen LogP contribution in [0.25, 0.3) is 22.9 Å². The molecule has 0 saturated heterocycles. The van der Waals surface area contributed by atoms with Crippen molar-refractivity contribution in [3.8, 4) is 5.82 Å². The highest BCUT2D eigenvalue weighted by Crippen LogP contribution is 2.27. The number of carboxylic acids is 1. The van der Waals surface area contributed by atoms with Crippen LogP contribution in [0.5, 0.6) is 0 Å². The molecule has 0 aliphatic carbocycles. The Kier molecular flexibility index (Phi) is 3.97. The Balaban J connectivity index is 2.31. The molecule has 0 aromatic carbocycles. The molecule has 0 aliphatic rings. The lowest BCUT2D eigenvalue weighted by Crippen LogP contribution is -2.05. The van der Waals surface area contributed by atoms with Crippen molar-refractivity contribution in [1.82, 2.24) is 19.3 Å². The third-order valence-electron chi connectivity index (χ3n) is 4.20. The molecule has 0 atom stereocenters. The first kappa shape index (κ1) is 16.0. The van der Waals surface area contributed by atoms with Crippen molar-refractivity contribution in [2.45, 2.75) is 27.2 Å². The van der Waals surface area contributed by atoms with Crippen LogP contribution >= 0.6 is 0 Å². The molecule has 6 heteroatoms. The summed E-state index contributed by atoms with van der Waals surface area (Å²) >= 11 is 0. The molecular formula is C18H20N4O2. The molecule has 0 aliphatic heterocycles. The van der Waals surface area contributed by atoms with Crippen LogP contribution in [-0.2, 0) is 11.8 Å². The zero-order valence-corrected chi connectivity index (χ0v) is 14.2. The van der Waals surface area contributed by atoms with Gasteiger partial charge < -0.3 is 5.11 Å². The normalized spacial score (nSPS) is 12.1. The number of fused-ring (bicyclic) bond motifs is 1. The summed E-state index contributed by atoms with van der Waals surface area (Å²) in [6.07, 6.45) is 5.93. The van der Waals surface area contributed by atoms with Gasteiger partial charge in [-0.25, -0.2) is 9.78 Å². The van der Waals surface area contributed by atoms with Crippen molar-refractivity contribution < 1.29 is 9.90 Å². The van der Waals surface area contributed by atoms with Crippen LogP contribution in [0, 0.1) is 13.8 Å². The van der Waals surface area contributed by atoms with Crippen molar-refractivity contribution >= 4 is 23.1 Å². The maximum Gasteiger partial charge on any atom is 0.331 e. The minimum absolute atomic E-state index is 0.355. The lowest BCUT2D eigenvalue weighted by molar-refractivity contribution is -0.132. The number of aromatic nitrogens is 4. The highest BCUT2D eigenvalue weighted by molar-refractivity contribution is 5.93. The maximum atomic E-state index is 11.4. The molecule has 0 spiro atoms. The summed E-state index contributed by atoms with van der Waals surface area (Å²) in [4.78, 5) is 15.9. The fourth-order valence-electron chi connectivity index (χ4n) is 2.99. The van der Waals surface area contributed by atoms with E-state index < -0.39 is 5.97 Å². The van der Waals surface area contributed by atoms with E-state index in [2.05, 4.69) is 10.1 Å². The Bertz CT molecular complexity index is 963. The summed E-state index contributed by atoms with van der Waals surface area (Å²) in [6, 6.07) is 3.94. The molecule has 124 valence electrons. The van der Waals surface area contributed by atoms with Crippen LogP contribution in [-0.4, -0.2) is 30.4 Å². The SMILES string of the molecule is CC/C(=C\c1c(C)nn(C)c1-n1cc(C)c2cccnc21)C(=O)O. The molecule has 0 fully saturated rings. The van der Waals surface area contributed by atoms with E-state index in [0.717, 1.165) is 33.7 Å². The standard InChI is InChI=1S/C18H20N4O2/c1-5-13(18(23)24)9-15-12(3)20-21(4)17(15)22-10-11(2)14-7-6-8-19-16(14)22/h6-10H,5H2,1-4H3,(H,23,24)/b13-9+. The molecule has 3 aromatic rings. The average Bonchev–Trinajstić information content (AvgIpc) is 3.01. The number of hydrogen-bond acceptors (Lipinski definition) is 3. The number of hydrogen-bond donors (Lipinski definition) is 1. The van der Waals surface area contributed by atoms with E-state index in [1.165, 1.54) is 0 Å². The van der Waals surface area contributed by atoms with Crippen molar-refractivity contribution in [2.75, 3.05) is 0 Å². The van der Waals surface area contributed by atoms with Crippen LogP contribution in [0.4, 0.5) is 0 Å². The van der Waals surface area contributed by atoms with Crippen molar-refractivity contribution in [3.05, 3.63) is 46.9 Å². The Morgan fingerprint density at radius 2 is 2.12 bits per heavy atom. The maximum absolute atomic E-state index is 11.4. The van der Waals surface area contributed by atoms with Crippen LogP contribution < -0.4 is 0 Å². The molecule has 3 heterocycles. The molecule has 0 unspecified atom stereocenters. The van der Waals surface area contributed by atoms with Gasteiger partial charge in [0.2, 0.25) is 0 Å². The number of aryl methyl sites for hydroxylation is 3. The van der Waals surface area contributed by atoms with Gasteiger partial charge in [0.05, 0.1) is 5.69 Å². The zero-order valence-electron chi connectivity index (χ0n) is 14.2. The third kappa shape index (κ3) is 2.50. The largest absolute Gasteiger partial charge is 0.478 e. The Morgan fingerprint density at radius 3 is 2.79 bits per heavy atom. The topological polar surface area (TPSA) is 72.9 Å². The van der Waals surface area contributed by atoms with E-state index in [0.29, 0.717) is 12.0 Å². The number of nitrogens with zero attached hydrogens (tertiary/aromatic N) is 4. The lowest BCUT2D eigenvalue weighted by atomic mass is 10.1. The number of carbonyl (C=O) groups is 1. The molecular weight excluding hydrogens is 304 g/mol. The molecule has 0 bridgehead atoms. The van der Waals surface area contributed by atoms with Crippen LogP contribution in [0.1, 0.15) is 30.2 Å². The van der Waals surface area contributed by atoms with Gasteiger partial charge >= 0.3 is 5.97 Å². The Morgan fingerprint density at radius 1 is 1.38 bits per heavy atom. The van der Waals surface area contributed by atoms with Gasteiger partial charge in [-0.2, -0.15) is 5.10 Å². The van der Waals surface area contributed by atoms with Gasteiger partial charge in [-0.1, -0.05) is 6.92 Å². The van der Waals surface area contributed by atoms with Crippen molar-refractivity contribution in [2.24, 2.45) is 7.05 Å². The van der Waals surface area contributed by atoms with Gasteiger partial charge in [0, 0.05) is 36.0 Å². The second-order valence-electron chi connectivity index (χ2n) is 5.83. The fourth-order valence-corrected chi connectivity index (χ4v) is 2.99. The minimum atomic E-state index is -0.904. The first-order valence-corrected chi connectivity index (χ1v) is 7.84. The van der Waals surface area contributed by atoms with Gasteiger partial charge in [-0.05, 0) is 44.0 Å². The van der Waals surface area contributed by atoms with E-state index in [4.69, 9.17) is 0 Å². The summed E-state index contributed by atoms with van der Waals surface area (Å²) in [5.74, 6) is -0.0881. The molecule has 3 aromatic heterocycles. The quantitative estimate of drug-likeness (QED) is 0.748. The zero-order chi connectivity index (χ0) is 17.4. The molecule has 24 heavy (non-hydrogen) atoms. The molecule has 0 saturated carbocycles. The van der Waals surface area contributed by atoms with Gasteiger partial charge in [0.1, 0.15) is 11.5 Å². The second-order valence-corrected chi connectivity index (χ2v) is 5.83. The van der Waals surface area contributed by atoms with Gasteiger partial charge in [-0.3, -0.25) is 9.25 Å². The summed E-state index contributed by atoms with van der Waals surface area (Å²) in [5.41, 5.74) is 3.89. The highest BCUT2D eigenvalue weighted by Gasteiger charge is 2.18. The predicted octanol–water partition coefficient (Wildman–Crippen LogP) is 3.25. The number of aliphatic carboxylic acids is 1. The van der Waals surface area contributed by atoms with Gasteiger partial charge in [0.15, 0.2) is 0 Å². The molecule has 0 radical (unpaired) electrons. The number of carboxylic acid groups (broad SMARTS) is 1. The third-order valence-corrected chi connectivity index (χ3v) is 4.20. The van der Waals surface area contributed by atoms with E-state index in [9.17, 15) is 9.90 Å². The average molecular weight is 324 g/mol. The Labute approximate surface area is 140 Å². The van der Waals surface area contributed by atoms with Crippen molar-refractivity contribution in [1.29, 1.82) is 0 Å². The fraction of sp³-hybridized carbons (Fsp3) is 0.278. The molecule has 3 rings (SSSR count). The first-order valence-electron chi connectivity index (χ1n) is 7.84. The molecule has 0 amide bonds. The van der Waals surface area contributed by atoms with E-state index >= 15 is 0 Å². The van der Waals surface area contributed by atoms with Crippen molar-refractivity contribution in [3.63, 3.8) is 0 Å². The Hall–Kier alpha value is -2.89. The monoisotopic (exact) mass is 324 g/mol.